The molecule has 1 saturated carbocycles. The molecule has 3 rings (SSSR count). The van der Waals surface area contributed by atoms with E-state index < -0.39 is 0 Å². The Morgan fingerprint density at radius 1 is 1.12 bits per heavy atom. The van der Waals surface area contributed by atoms with E-state index in [1.807, 2.05) is 0 Å². The van der Waals surface area contributed by atoms with Gasteiger partial charge in [-0.15, -0.1) is 0 Å². The average molecular weight is 216 g/mol. The highest BCUT2D eigenvalue weighted by atomic mass is 14.7. The lowest BCUT2D eigenvalue weighted by Gasteiger charge is -2.37. The monoisotopic (exact) mass is 216 g/mol. The van der Waals surface area contributed by atoms with Crippen molar-refractivity contribution in [3.63, 3.8) is 0 Å². The van der Waals surface area contributed by atoms with E-state index in [1.54, 1.807) is 0 Å². The van der Waals surface area contributed by atoms with Crippen molar-refractivity contribution in [2.24, 2.45) is 17.4 Å². The summed E-state index contributed by atoms with van der Waals surface area (Å²) < 4.78 is 0. The zero-order valence-corrected chi connectivity index (χ0v) is 9.65. The molecule has 4 N–H and O–H groups in total. The molecule has 2 aliphatic rings. The SMILES string of the molecule is NC1CC(C(N)c2ccc3c(c2)CCC3)C1. The molecule has 0 aliphatic heterocycles. The third-order valence-corrected chi connectivity index (χ3v) is 4.23. The molecular formula is C14H20N2. The van der Waals surface area contributed by atoms with Crippen LogP contribution in [0, 0.1) is 5.92 Å². The first-order valence-electron chi connectivity index (χ1n) is 6.37. The summed E-state index contributed by atoms with van der Waals surface area (Å²) in [7, 11) is 0. The fraction of sp³-hybridized carbons (Fsp3) is 0.571. The molecule has 1 atom stereocenters. The molecule has 1 unspecified atom stereocenters. The zero-order valence-electron chi connectivity index (χ0n) is 9.65. The lowest BCUT2D eigenvalue weighted by atomic mass is 9.74. The molecule has 2 aliphatic carbocycles. The standard InChI is InChI=1S/C14H20N2/c15-13-7-12(8-13)14(16)11-5-4-9-2-1-3-10(9)6-11/h4-6,12-14H,1-3,7-8,15-16H2. The van der Waals surface area contributed by atoms with Gasteiger partial charge in [0.15, 0.2) is 0 Å². The third-order valence-electron chi connectivity index (χ3n) is 4.23. The highest BCUT2D eigenvalue weighted by Gasteiger charge is 2.31. The summed E-state index contributed by atoms with van der Waals surface area (Å²) in [5, 5.41) is 0. The number of benzene rings is 1. The van der Waals surface area contributed by atoms with Crippen LogP contribution in [0.25, 0.3) is 0 Å². The quantitative estimate of drug-likeness (QED) is 0.793. The van der Waals surface area contributed by atoms with E-state index in [9.17, 15) is 0 Å². The molecular weight excluding hydrogens is 196 g/mol. The first kappa shape index (κ1) is 10.3. The lowest BCUT2D eigenvalue weighted by Crippen LogP contribution is -2.41. The van der Waals surface area contributed by atoms with Crippen molar-refractivity contribution < 1.29 is 0 Å². The van der Waals surface area contributed by atoms with Crippen LogP contribution in [-0.4, -0.2) is 6.04 Å². The summed E-state index contributed by atoms with van der Waals surface area (Å²) >= 11 is 0. The van der Waals surface area contributed by atoms with E-state index in [4.69, 9.17) is 11.5 Å². The van der Waals surface area contributed by atoms with E-state index in [2.05, 4.69) is 18.2 Å². The highest BCUT2D eigenvalue weighted by molar-refractivity contribution is 5.36. The highest BCUT2D eigenvalue weighted by Crippen LogP contribution is 2.36. The Hall–Kier alpha value is -0.860. The summed E-state index contributed by atoms with van der Waals surface area (Å²) in [6.07, 6.45) is 5.98. The number of hydrogen-bond acceptors (Lipinski definition) is 2. The smallest absolute Gasteiger partial charge is 0.0324 e. The minimum Gasteiger partial charge on any atom is -0.328 e. The van der Waals surface area contributed by atoms with Gasteiger partial charge in [-0.3, -0.25) is 0 Å². The van der Waals surface area contributed by atoms with Gasteiger partial charge in [0, 0.05) is 12.1 Å². The molecule has 0 amide bonds. The third kappa shape index (κ3) is 1.66. The minimum atomic E-state index is 0.200. The predicted molar refractivity (Wildman–Crippen MR) is 66.1 cm³/mol. The summed E-state index contributed by atoms with van der Waals surface area (Å²) in [5.41, 5.74) is 16.5. The number of fused-ring (bicyclic) bond motifs is 1. The van der Waals surface area contributed by atoms with Gasteiger partial charge in [0.2, 0.25) is 0 Å². The Bertz CT molecular complexity index is 394. The van der Waals surface area contributed by atoms with Gasteiger partial charge in [-0.2, -0.15) is 0 Å². The second kappa shape index (κ2) is 3.86. The number of aryl methyl sites for hydroxylation is 2. The maximum absolute atomic E-state index is 6.30. The molecule has 2 heteroatoms. The van der Waals surface area contributed by atoms with Gasteiger partial charge in [-0.25, -0.2) is 0 Å². The maximum Gasteiger partial charge on any atom is 0.0324 e. The van der Waals surface area contributed by atoms with Gasteiger partial charge in [-0.1, -0.05) is 18.2 Å². The van der Waals surface area contributed by atoms with Crippen LogP contribution in [0.5, 0.6) is 0 Å². The van der Waals surface area contributed by atoms with E-state index in [0.29, 0.717) is 12.0 Å². The van der Waals surface area contributed by atoms with Gasteiger partial charge in [0.25, 0.3) is 0 Å². The fourth-order valence-corrected chi connectivity index (χ4v) is 3.07. The summed E-state index contributed by atoms with van der Waals surface area (Å²) in [4.78, 5) is 0. The molecule has 0 aromatic heterocycles. The topological polar surface area (TPSA) is 52.0 Å². The van der Waals surface area contributed by atoms with Crippen LogP contribution in [0.1, 0.15) is 42.0 Å². The fourth-order valence-electron chi connectivity index (χ4n) is 3.07. The van der Waals surface area contributed by atoms with Crippen LogP contribution >= 0.6 is 0 Å². The molecule has 1 fully saturated rings. The van der Waals surface area contributed by atoms with Crippen molar-refractivity contribution in [1.29, 1.82) is 0 Å². The van der Waals surface area contributed by atoms with Crippen molar-refractivity contribution in [3.05, 3.63) is 34.9 Å². The average Bonchev–Trinajstić information content (AvgIpc) is 2.70. The molecule has 0 spiro atoms. The Balaban J connectivity index is 1.79. The molecule has 2 nitrogen and oxygen atoms in total. The molecule has 1 aromatic carbocycles. The first-order valence-corrected chi connectivity index (χ1v) is 6.37. The Kier molecular flexibility index (Phi) is 2.49. The van der Waals surface area contributed by atoms with Crippen molar-refractivity contribution in [3.8, 4) is 0 Å². The van der Waals surface area contributed by atoms with Crippen molar-refractivity contribution in [2.75, 3.05) is 0 Å². The predicted octanol–water partition coefficient (Wildman–Crippen LogP) is 1.91. The van der Waals surface area contributed by atoms with Gasteiger partial charge in [-0.05, 0) is 54.7 Å². The van der Waals surface area contributed by atoms with Crippen LogP contribution in [0.15, 0.2) is 18.2 Å². The van der Waals surface area contributed by atoms with E-state index in [0.717, 1.165) is 12.8 Å². The molecule has 0 bridgehead atoms. The summed E-state index contributed by atoms with van der Waals surface area (Å²) in [6.45, 7) is 0. The minimum absolute atomic E-state index is 0.200. The second-order valence-electron chi connectivity index (χ2n) is 5.40. The van der Waals surface area contributed by atoms with Gasteiger partial charge < -0.3 is 11.5 Å². The van der Waals surface area contributed by atoms with E-state index in [1.165, 1.54) is 36.0 Å². The molecule has 1 aromatic rings. The van der Waals surface area contributed by atoms with E-state index in [-0.39, 0.29) is 6.04 Å². The molecule has 86 valence electrons. The van der Waals surface area contributed by atoms with Crippen LogP contribution in [0.3, 0.4) is 0 Å². The number of nitrogens with two attached hydrogens (primary N) is 2. The van der Waals surface area contributed by atoms with Crippen LogP contribution < -0.4 is 11.5 Å². The lowest BCUT2D eigenvalue weighted by molar-refractivity contribution is 0.224. The Morgan fingerprint density at radius 2 is 1.88 bits per heavy atom. The molecule has 16 heavy (non-hydrogen) atoms. The molecule has 0 radical (unpaired) electrons. The van der Waals surface area contributed by atoms with Crippen molar-refractivity contribution in [2.45, 2.75) is 44.2 Å². The number of hydrogen-bond donors (Lipinski definition) is 2. The summed E-state index contributed by atoms with van der Waals surface area (Å²) in [5.74, 6) is 0.606. The Morgan fingerprint density at radius 3 is 2.62 bits per heavy atom. The number of rotatable bonds is 2. The summed E-state index contributed by atoms with van der Waals surface area (Å²) in [6, 6.07) is 7.42. The van der Waals surface area contributed by atoms with Crippen LogP contribution in [0.4, 0.5) is 0 Å². The van der Waals surface area contributed by atoms with Crippen molar-refractivity contribution >= 4 is 0 Å². The van der Waals surface area contributed by atoms with Crippen molar-refractivity contribution in [1.82, 2.24) is 0 Å². The van der Waals surface area contributed by atoms with Gasteiger partial charge in [0.1, 0.15) is 0 Å². The van der Waals surface area contributed by atoms with E-state index >= 15 is 0 Å². The van der Waals surface area contributed by atoms with Crippen LogP contribution in [-0.2, 0) is 12.8 Å². The van der Waals surface area contributed by atoms with Crippen LogP contribution in [0.2, 0.25) is 0 Å². The largest absolute Gasteiger partial charge is 0.328 e. The zero-order chi connectivity index (χ0) is 11.1. The Labute approximate surface area is 97.0 Å². The normalized spacial score (nSPS) is 29.6. The first-order chi connectivity index (χ1) is 7.74. The molecule has 0 saturated heterocycles. The second-order valence-corrected chi connectivity index (χ2v) is 5.40. The molecule has 0 heterocycles. The van der Waals surface area contributed by atoms with Gasteiger partial charge in [0.05, 0.1) is 0 Å². The van der Waals surface area contributed by atoms with Gasteiger partial charge >= 0.3 is 0 Å². The maximum atomic E-state index is 6.30.